The monoisotopic (exact) mass is 237 g/mol. The van der Waals surface area contributed by atoms with Crippen LogP contribution < -0.4 is 5.32 Å². The molecule has 0 amide bonds. The number of nitrogens with zero attached hydrogens (tertiary/aromatic N) is 2. The Bertz CT molecular complexity index is 342. The zero-order valence-corrected chi connectivity index (χ0v) is 11.1. The van der Waals surface area contributed by atoms with Crippen molar-refractivity contribution >= 4 is 0 Å². The van der Waals surface area contributed by atoms with Crippen molar-refractivity contribution < 1.29 is 4.52 Å². The van der Waals surface area contributed by atoms with Crippen molar-refractivity contribution in [1.82, 2.24) is 15.4 Å². The molecule has 1 aromatic heterocycles. The molecule has 2 rings (SSSR count). The summed E-state index contributed by atoms with van der Waals surface area (Å²) in [6.45, 7) is 10.6. The molecule has 2 heterocycles. The lowest BCUT2D eigenvalue weighted by molar-refractivity contribution is 0.259. The van der Waals surface area contributed by atoms with Gasteiger partial charge < -0.3 is 9.84 Å². The van der Waals surface area contributed by atoms with E-state index in [1.807, 2.05) is 13.8 Å². The molecule has 1 fully saturated rings. The molecule has 96 valence electrons. The summed E-state index contributed by atoms with van der Waals surface area (Å²) in [5.74, 6) is 0.939. The Labute approximate surface area is 103 Å². The second-order valence-corrected chi connectivity index (χ2v) is 4.86. The highest BCUT2D eigenvalue weighted by molar-refractivity contribution is 5.20. The summed E-state index contributed by atoms with van der Waals surface area (Å²) >= 11 is 0. The molecular formula is C13H23N3O. The summed E-state index contributed by atoms with van der Waals surface area (Å²) in [5.41, 5.74) is 2.22. The smallest absolute Gasteiger partial charge is 0.138 e. The van der Waals surface area contributed by atoms with Gasteiger partial charge in [0.15, 0.2) is 0 Å². The van der Waals surface area contributed by atoms with Crippen molar-refractivity contribution in [3.05, 3.63) is 17.0 Å². The summed E-state index contributed by atoms with van der Waals surface area (Å²) in [5, 5.41) is 7.51. The van der Waals surface area contributed by atoms with Crippen LogP contribution in [0, 0.1) is 13.8 Å². The van der Waals surface area contributed by atoms with Crippen molar-refractivity contribution in [3.63, 3.8) is 0 Å². The Kier molecular flexibility index (Phi) is 4.18. The van der Waals surface area contributed by atoms with Crippen molar-refractivity contribution in [1.29, 1.82) is 0 Å². The molecule has 1 atom stereocenters. The minimum absolute atomic E-state index is 0.709. The standard InChI is InChI=1S/C13H23N3O/c1-4-16-7-5-6-12(16)8-14-9-13-10(2)15-17-11(13)3/h12,14H,4-9H2,1-3H3. The molecule has 0 aliphatic carbocycles. The van der Waals surface area contributed by atoms with Gasteiger partial charge >= 0.3 is 0 Å². The van der Waals surface area contributed by atoms with Crippen LogP contribution in [0.3, 0.4) is 0 Å². The van der Waals surface area contributed by atoms with Gasteiger partial charge in [0.2, 0.25) is 0 Å². The number of rotatable bonds is 5. The van der Waals surface area contributed by atoms with Gasteiger partial charge in [-0.25, -0.2) is 0 Å². The topological polar surface area (TPSA) is 41.3 Å². The van der Waals surface area contributed by atoms with Crippen molar-refractivity contribution in [2.24, 2.45) is 0 Å². The number of aryl methyl sites for hydroxylation is 2. The van der Waals surface area contributed by atoms with Crippen LogP contribution in [0.1, 0.15) is 36.8 Å². The Hall–Kier alpha value is -0.870. The van der Waals surface area contributed by atoms with Gasteiger partial charge in [-0.1, -0.05) is 12.1 Å². The maximum absolute atomic E-state index is 5.16. The fraction of sp³-hybridized carbons (Fsp3) is 0.769. The molecule has 0 radical (unpaired) electrons. The maximum Gasteiger partial charge on any atom is 0.138 e. The first-order valence-electron chi connectivity index (χ1n) is 6.59. The molecule has 0 aromatic carbocycles. The molecule has 1 aliphatic rings. The molecule has 1 aromatic rings. The Balaban J connectivity index is 1.80. The molecular weight excluding hydrogens is 214 g/mol. The van der Waals surface area contributed by atoms with E-state index in [2.05, 4.69) is 22.3 Å². The molecule has 0 spiro atoms. The molecule has 1 aliphatic heterocycles. The molecule has 0 bridgehead atoms. The molecule has 1 unspecified atom stereocenters. The van der Waals surface area contributed by atoms with E-state index in [-0.39, 0.29) is 0 Å². The number of hydrogen-bond donors (Lipinski definition) is 1. The van der Waals surface area contributed by atoms with E-state index >= 15 is 0 Å². The average Bonchev–Trinajstić information content (AvgIpc) is 2.89. The fourth-order valence-corrected chi connectivity index (χ4v) is 2.66. The quantitative estimate of drug-likeness (QED) is 0.849. The van der Waals surface area contributed by atoms with Crippen molar-refractivity contribution in [3.8, 4) is 0 Å². The molecule has 4 heteroatoms. The Morgan fingerprint density at radius 2 is 2.29 bits per heavy atom. The van der Waals surface area contributed by atoms with Crippen molar-refractivity contribution in [2.45, 2.75) is 46.2 Å². The van der Waals surface area contributed by atoms with Crippen LogP contribution in [0.2, 0.25) is 0 Å². The minimum Gasteiger partial charge on any atom is -0.361 e. The average molecular weight is 237 g/mol. The second kappa shape index (κ2) is 5.65. The number of likely N-dealkylation sites (N-methyl/N-ethyl adjacent to an activating group) is 1. The number of likely N-dealkylation sites (tertiary alicyclic amines) is 1. The zero-order chi connectivity index (χ0) is 12.3. The second-order valence-electron chi connectivity index (χ2n) is 4.86. The van der Waals surface area contributed by atoms with Gasteiger partial charge in [-0.3, -0.25) is 4.90 Å². The van der Waals surface area contributed by atoms with Crippen LogP contribution in [-0.2, 0) is 6.54 Å². The molecule has 0 saturated carbocycles. The third-order valence-electron chi connectivity index (χ3n) is 3.77. The molecule has 4 nitrogen and oxygen atoms in total. The minimum atomic E-state index is 0.709. The molecule has 1 N–H and O–H groups in total. The fourth-order valence-electron chi connectivity index (χ4n) is 2.66. The van der Waals surface area contributed by atoms with Gasteiger partial charge in [-0.15, -0.1) is 0 Å². The predicted octanol–water partition coefficient (Wildman–Crippen LogP) is 1.87. The number of aromatic nitrogens is 1. The van der Waals surface area contributed by atoms with E-state index in [9.17, 15) is 0 Å². The lowest BCUT2D eigenvalue weighted by Crippen LogP contribution is -2.37. The lowest BCUT2D eigenvalue weighted by atomic mass is 10.2. The van der Waals surface area contributed by atoms with Gasteiger partial charge in [0.1, 0.15) is 5.76 Å². The first-order chi connectivity index (χ1) is 8.22. The highest BCUT2D eigenvalue weighted by Gasteiger charge is 2.22. The van der Waals surface area contributed by atoms with Gasteiger partial charge in [0.05, 0.1) is 5.69 Å². The van der Waals surface area contributed by atoms with E-state index in [4.69, 9.17) is 4.52 Å². The van der Waals surface area contributed by atoms with Crippen LogP contribution in [0.25, 0.3) is 0 Å². The summed E-state index contributed by atoms with van der Waals surface area (Å²) in [4.78, 5) is 2.56. The highest BCUT2D eigenvalue weighted by atomic mass is 16.5. The first kappa shape index (κ1) is 12.6. The normalized spacial score (nSPS) is 21.2. The molecule has 1 saturated heterocycles. The van der Waals surface area contributed by atoms with Crippen LogP contribution >= 0.6 is 0 Å². The largest absolute Gasteiger partial charge is 0.361 e. The van der Waals surface area contributed by atoms with Crippen LogP contribution in [0.4, 0.5) is 0 Å². The van der Waals surface area contributed by atoms with Crippen LogP contribution in [-0.4, -0.2) is 35.7 Å². The third kappa shape index (κ3) is 2.87. The number of hydrogen-bond acceptors (Lipinski definition) is 4. The van der Waals surface area contributed by atoms with Gasteiger partial charge in [0.25, 0.3) is 0 Å². The van der Waals surface area contributed by atoms with Gasteiger partial charge in [0, 0.05) is 24.7 Å². The van der Waals surface area contributed by atoms with Crippen LogP contribution in [0.15, 0.2) is 4.52 Å². The maximum atomic E-state index is 5.16. The summed E-state index contributed by atoms with van der Waals surface area (Å²) in [7, 11) is 0. The Morgan fingerprint density at radius 1 is 1.47 bits per heavy atom. The zero-order valence-electron chi connectivity index (χ0n) is 11.1. The van der Waals surface area contributed by atoms with Gasteiger partial charge in [-0.05, 0) is 39.8 Å². The summed E-state index contributed by atoms with van der Waals surface area (Å²) in [6.07, 6.45) is 2.66. The van der Waals surface area contributed by atoms with Crippen LogP contribution in [0.5, 0.6) is 0 Å². The van der Waals surface area contributed by atoms with Gasteiger partial charge in [-0.2, -0.15) is 0 Å². The van der Waals surface area contributed by atoms with E-state index < -0.39 is 0 Å². The van der Waals surface area contributed by atoms with E-state index in [1.54, 1.807) is 0 Å². The summed E-state index contributed by atoms with van der Waals surface area (Å²) in [6, 6.07) is 0.709. The van der Waals surface area contributed by atoms with E-state index in [0.717, 1.165) is 31.1 Å². The SMILES string of the molecule is CCN1CCCC1CNCc1c(C)noc1C. The van der Waals surface area contributed by atoms with Crippen molar-refractivity contribution in [2.75, 3.05) is 19.6 Å². The van der Waals surface area contributed by atoms with E-state index in [0.29, 0.717) is 6.04 Å². The third-order valence-corrected chi connectivity index (χ3v) is 3.77. The number of nitrogens with one attached hydrogen (secondary N) is 1. The molecule has 17 heavy (non-hydrogen) atoms. The predicted molar refractivity (Wildman–Crippen MR) is 68.0 cm³/mol. The summed E-state index contributed by atoms with van der Waals surface area (Å²) < 4.78 is 5.16. The lowest BCUT2D eigenvalue weighted by Gasteiger charge is -2.22. The first-order valence-corrected chi connectivity index (χ1v) is 6.59. The Morgan fingerprint density at radius 3 is 2.94 bits per heavy atom. The highest BCUT2D eigenvalue weighted by Crippen LogP contribution is 2.16. The van der Waals surface area contributed by atoms with E-state index in [1.165, 1.54) is 24.9 Å².